The molecular weight excluding hydrogens is 438 g/mol. The number of quaternary nitrogens is 2. The maximum atomic E-state index is 8.87. The molecule has 2 saturated heterocycles. The van der Waals surface area contributed by atoms with Gasteiger partial charge in [0.05, 0.1) is 52.9 Å². The Morgan fingerprint density at radius 2 is 0.833 bits per heavy atom. The molecule has 0 unspecified atom stereocenters. The summed E-state index contributed by atoms with van der Waals surface area (Å²) in [6, 6.07) is 0. The Morgan fingerprint density at radius 3 is 1.00 bits per heavy atom. The Bertz CT molecular complexity index is 338. The van der Waals surface area contributed by atoms with Crippen LogP contribution in [0.3, 0.4) is 0 Å². The summed E-state index contributed by atoms with van der Waals surface area (Å²) in [5, 5.41) is 35.5. The molecule has 30 heavy (non-hydrogen) atoms. The van der Waals surface area contributed by atoms with E-state index < -0.39 is 9.17 Å². The van der Waals surface area contributed by atoms with Crippen molar-refractivity contribution in [3.8, 4) is 0 Å². The quantitative estimate of drug-likeness (QED) is 0.197. The van der Waals surface area contributed by atoms with Crippen LogP contribution >= 0.6 is 0 Å². The Labute approximate surface area is 224 Å². The predicted octanol–water partition coefficient (Wildman–Crippen LogP) is -6.54. The molecule has 0 radical (unpaired) electrons. The maximum absolute atomic E-state index is 8.87. The number of ether oxygens (including phenoxy) is 2. The summed E-state index contributed by atoms with van der Waals surface area (Å²) in [4.78, 5) is 17.0. The van der Waals surface area contributed by atoms with Crippen molar-refractivity contribution in [1.29, 1.82) is 0 Å². The Hall–Kier alpha value is 1.30. The van der Waals surface area contributed by atoms with Crippen LogP contribution in [0.25, 0.3) is 0 Å². The van der Waals surface area contributed by atoms with Gasteiger partial charge < -0.3 is 52.9 Å². The zero-order chi connectivity index (χ0) is 21.3. The molecule has 0 aromatic heterocycles. The number of aliphatic hydroxyl groups is 4. The minimum absolute atomic E-state index is 0. The van der Waals surface area contributed by atoms with E-state index in [-0.39, 0.29) is 85.5 Å². The standard InChI is InChI=1S/2C8H18NO3.2Na.O3Si.2H/c2*10-5-1-9(2-6-11)3-7-12-8-4-9;;;1-4(2)3;;/h2*10-11H,1-8H2;;;;;/q2*+1;;;-2;;. The van der Waals surface area contributed by atoms with Crippen molar-refractivity contribution in [2.24, 2.45) is 0 Å². The average Bonchev–Trinajstić information content (AvgIpc) is 2.64. The van der Waals surface area contributed by atoms with E-state index in [1.807, 2.05) is 0 Å². The summed E-state index contributed by atoms with van der Waals surface area (Å²) < 4.78 is 20.6. The van der Waals surface area contributed by atoms with E-state index in [0.717, 1.165) is 87.8 Å². The second kappa shape index (κ2) is 22.1. The van der Waals surface area contributed by atoms with Crippen molar-refractivity contribution >= 4 is 68.3 Å². The zero-order valence-corrected chi connectivity index (χ0v) is 17.5. The van der Waals surface area contributed by atoms with Crippen molar-refractivity contribution in [3.63, 3.8) is 0 Å². The number of morpholine rings is 2. The van der Waals surface area contributed by atoms with Crippen molar-refractivity contribution < 1.29 is 52.9 Å². The predicted molar refractivity (Wildman–Crippen MR) is 110 cm³/mol. The molecule has 0 aromatic rings. The van der Waals surface area contributed by atoms with Crippen LogP contribution in [0.2, 0.25) is 0 Å². The first kappa shape index (κ1) is 35.9. The first-order valence-corrected chi connectivity index (χ1v) is 10.8. The molecule has 2 aliphatic heterocycles. The van der Waals surface area contributed by atoms with Gasteiger partial charge in [-0.1, -0.05) is 0 Å². The number of rotatable bonds is 8. The van der Waals surface area contributed by atoms with Crippen molar-refractivity contribution in [1.82, 2.24) is 0 Å². The molecule has 0 spiro atoms. The normalized spacial score (nSPS) is 18.8. The summed E-state index contributed by atoms with van der Waals surface area (Å²) in [5.41, 5.74) is 0. The van der Waals surface area contributed by atoms with Gasteiger partial charge in [-0.15, -0.1) is 0 Å². The Kier molecular flexibility index (Phi) is 26.4. The van der Waals surface area contributed by atoms with Crippen LogP contribution in [0.15, 0.2) is 0 Å². The fourth-order valence-electron chi connectivity index (χ4n) is 3.43. The van der Waals surface area contributed by atoms with E-state index in [2.05, 4.69) is 0 Å². The number of hydrogen-bond donors (Lipinski definition) is 4. The van der Waals surface area contributed by atoms with Gasteiger partial charge in [0.25, 0.3) is 0 Å². The molecular formula is C16H38N2Na2O9Si. The topological polar surface area (TPSA) is 163 Å². The average molecular weight is 477 g/mol. The van der Waals surface area contributed by atoms with Crippen LogP contribution in [0.1, 0.15) is 0 Å². The van der Waals surface area contributed by atoms with E-state index in [4.69, 9.17) is 44.0 Å². The fourth-order valence-corrected chi connectivity index (χ4v) is 3.43. The van der Waals surface area contributed by atoms with Crippen LogP contribution in [0, 0.1) is 0 Å². The summed E-state index contributed by atoms with van der Waals surface area (Å²) in [6.45, 7) is 10.4. The number of aliphatic hydroxyl groups excluding tert-OH is 4. The first-order valence-electron chi connectivity index (χ1n) is 9.56. The van der Waals surface area contributed by atoms with Gasteiger partial charge in [-0.3, -0.25) is 0 Å². The molecule has 0 saturated carbocycles. The molecule has 0 atom stereocenters. The van der Waals surface area contributed by atoms with Gasteiger partial charge in [0.15, 0.2) is 0 Å². The third-order valence-corrected chi connectivity index (χ3v) is 5.14. The van der Waals surface area contributed by atoms with E-state index in [9.17, 15) is 0 Å². The van der Waals surface area contributed by atoms with Gasteiger partial charge in [0.2, 0.25) is 0 Å². The molecule has 2 rings (SSSR count). The zero-order valence-electron chi connectivity index (χ0n) is 16.5. The third-order valence-electron chi connectivity index (χ3n) is 5.14. The van der Waals surface area contributed by atoms with Gasteiger partial charge in [0, 0.05) is 9.17 Å². The minimum atomic E-state index is -3.63. The molecule has 11 nitrogen and oxygen atoms in total. The monoisotopic (exact) mass is 476 g/mol. The molecule has 0 aromatic carbocycles. The summed E-state index contributed by atoms with van der Waals surface area (Å²) in [7, 11) is -3.63. The van der Waals surface area contributed by atoms with E-state index in [0.29, 0.717) is 0 Å². The van der Waals surface area contributed by atoms with Crippen molar-refractivity contribution in [3.05, 3.63) is 0 Å². The van der Waals surface area contributed by atoms with Crippen LogP contribution in [0.5, 0.6) is 0 Å². The van der Waals surface area contributed by atoms with Crippen LogP contribution in [-0.4, -0.2) is 203 Å². The molecule has 2 aliphatic rings. The van der Waals surface area contributed by atoms with E-state index >= 15 is 0 Å². The number of hydrogen-bond acceptors (Lipinski definition) is 9. The summed E-state index contributed by atoms with van der Waals surface area (Å²) in [6.07, 6.45) is 0. The fraction of sp³-hybridized carbons (Fsp3) is 1.00. The van der Waals surface area contributed by atoms with Crippen LogP contribution in [0.4, 0.5) is 0 Å². The molecule has 4 N–H and O–H groups in total. The summed E-state index contributed by atoms with van der Waals surface area (Å²) in [5.74, 6) is 0. The molecule has 0 aliphatic carbocycles. The van der Waals surface area contributed by atoms with E-state index in [1.54, 1.807) is 0 Å². The molecule has 2 heterocycles. The Morgan fingerprint density at radius 1 is 0.633 bits per heavy atom. The van der Waals surface area contributed by atoms with Crippen molar-refractivity contribution in [2.45, 2.75) is 0 Å². The van der Waals surface area contributed by atoms with Crippen molar-refractivity contribution in [2.75, 3.05) is 105 Å². The second-order valence-corrected chi connectivity index (χ2v) is 7.34. The first-order chi connectivity index (χ1) is 13.4. The second-order valence-electron chi connectivity index (χ2n) is 6.84. The molecule has 0 bridgehead atoms. The van der Waals surface area contributed by atoms with Gasteiger partial charge in [-0.2, -0.15) is 0 Å². The molecule has 172 valence electrons. The molecule has 2 fully saturated rings. The summed E-state index contributed by atoms with van der Waals surface area (Å²) >= 11 is 0. The van der Waals surface area contributed by atoms with Gasteiger partial charge in [-0.25, -0.2) is 0 Å². The van der Waals surface area contributed by atoms with E-state index in [1.165, 1.54) is 0 Å². The third kappa shape index (κ3) is 16.9. The van der Waals surface area contributed by atoms with Crippen LogP contribution < -0.4 is 9.59 Å². The number of nitrogens with zero attached hydrogens (tertiary/aromatic N) is 2. The Balaban J connectivity index is -0.000000391. The molecule has 14 heteroatoms. The van der Waals surface area contributed by atoms with Crippen LogP contribution in [-0.2, 0) is 13.9 Å². The van der Waals surface area contributed by atoms with Gasteiger partial charge in [0.1, 0.15) is 52.4 Å². The molecule has 0 amide bonds. The van der Waals surface area contributed by atoms with Gasteiger partial charge in [-0.05, 0) is 0 Å². The van der Waals surface area contributed by atoms with Gasteiger partial charge >= 0.3 is 59.1 Å². The SMILES string of the molecule is O=[Si]([O-])[O-].OCC[N+]1(CCO)CCOCC1.OCC[N+]1(CCO)CCOCC1.[NaH].[NaH].